The molecule has 0 bridgehead atoms. The number of fused-ring (bicyclic) bond motifs is 2. The molecule has 1 aromatic rings. The Kier molecular flexibility index (Phi) is 4.59. The first-order valence-corrected chi connectivity index (χ1v) is 13.0. The molecule has 0 radical (unpaired) electrons. The van der Waals surface area contributed by atoms with Gasteiger partial charge in [0, 0.05) is 24.9 Å². The highest BCUT2D eigenvalue weighted by molar-refractivity contribution is 6.02. The van der Waals surface area contributed by atoms with Crippen molar-refractivity contribution in [1.29, 1.82) is 0 Å². The van der Waals surface area contributed by atoms with E-state index in [1.807, 2.05) is 6.07 Å². The summed E-state index contributed by atoms with van der Waals surface area (Å²) in [6, 6.07) is 2.68. The molecule has 2 unspecified atom stereocenters. The molecule has 3 fully saturated rings. The smallest absolute Gasteiger partial charge is 0.252 e. The molecule has 3 amide bonds. The first-order chi connectivity index (χ1) is 18.1. The summed E-state index contributed by atoms with van der Waals surface area (Å²) in [6.07, 6.45) is 4.31. The van der Waals surface area contributed by atoms with Gasteiger partial charge in [-0.05, 0) is 48.3 Å². The molecular weight excluding hydrogens is 492 g/mol. The van der Waals surface area contributed by atoms with E-state index in [1.54, 1.807) is 6.07 Å². The van der Waals surface area contributed by atoms with Gasteiger partial charge < -0.3 is 37.2 Å². The molecule has 4 atom stereocenters. The number of rotatable bonds is 4. The van der Waals surface area contributed by atoms with Crippen LogP contribution in [0.1, 0.15) is 53.6 Å². The van der Waals surface area contributed by atoms with Gasteiger partial charge in [0.25, 0.3) is 5.91 Å². The van der Waals surface area contributed by atoms with E-state index in [0.29, 0.717) is 5.56 Å². The van der Waals surface area contributed by atoms with Gasteiger partial charge in [0.2, 0.25) is 17.6 Å². The number of hydrogen-bond acceptors (Lipinski definition) is 11. The minimum atomic E-state index is -2.59. The number of aliphatic imine (C=N–C) groups is 2. The van der Waals surface area contributed by atoms with Crippen LogP contribution < -0.4 is 22.1 Å². The van der Waals surface area contributed by atoms with Crippen LogP contribution in [0.15, 0.2) is 28.2 Å². The monoisotopic (exact) mass is 522 g/mol. The van der Waals surface area contributed by atoms with Crippen LogP contribution >= 0.6 is 0 Å². The van der Waals surface area contributed by atoms with Crippen LogP contribution in [0, 0.1) is 0 Å². The maximum Gasteiger partial charge on any atom is 0.252 e. The average Bonchev–Trinajstić information content (AvgIpc) is 3.18. The number of nitrogens with two attached hydrogens (primary N) is 2. The van der Waals surface area contributed by atoms with Crippen LogP contribution in [-0.2, 0) is 21.4 Å². The molecule has 200 valence electrons. The number of benzene rings is 1. The maximum absolute atomic E-state index is 13.5. The van der Waals surface area contributed by atoms with Gasteiger partial charge in [-0.25, -0.2) is 9.98 Å². The molecular formula is C25H30N8O5. The van der Waals surface area contributed by atoms with Crippen LogP contribution in [-0.4, -0.2) is 92.3 Å². The summed E-state index contributed by atoms with van der Waals surface area (Å²) in [5.74, 6) is -3.76. The van der Waals surface area contributed by atoms with Crippen molar-refractivity contribution in [2.75, 3.05) is 13.1 Å². The summed E-state index contributed by atoms with van der Waals surface area (Å²) >= 11 is 0. The maximum atomic E-state index is 13.5. The van der Waals surface area contributed by atoms with Gasteiger partial charge in [0.1, 0.15) is 12.1 Å². The summed E-state index contributed by atoms with van der Waals surface area (Å²) in [6.45, 7) is -0.199. The molecule has 13 heteroatoms. The predicted octanol–water partition coefficient (Wildman–Crippen LogP) is -2.41. The highest BCUT2D eigenvalue weighted by Crippen LogP contribution is 2.57. The van der Waals surface area contributed by atoms with Gasteiger partial charge >= 0.3 is 0 Å². The van der Waals surface area contributed by atoms with E-state index < -0.39 is 35.5 Å². The summed E-state index contributed by atoms with van der Waals surface area (Å²) < 4.78 is 0. The zero-order valence-electron chi connectivity index (χ0n) is 20.7. The van der Waals surface area contributed by atoms with Crippen molar-refractivity contribution in [2.45, 2.75) is 73.5 Å². The largest absolute Gasteiger partial charge is 0.370 e. The number of aliphatic hydroxyl groups is 2. The number of carbonyl (C=O) groups excluding carboxylic acids is 3. The van der Waals surface area contributed by atoms with E-state index in [1.165, 1.54) is 10.5 Å². The molecule has 2 saturated heterocycles. The Labute approximate surface area is 217 Å². The molecule has 4 heterocycles. The van der Waals surface area contributed by atoms with Crippen molar-refractivity contribution in [3.63, 3.8) is 0 Å². The number of imide groups is 1. The second-order valence-corrected chi connectivity index (χ2v) is 11.3. The lowest BCUT2D eigenvalue weighted by molar-refractivity contribution is -0.230. The summed E-state index contributed by atoms with van der Waals surface area (Å²) in [4.78, 5) is 49.5. The highest BCUT2D eigenvalue weighted by Gasteiger charge is 2.73. The van der Waals surface area contributed by atoms with Crippen LogP contribution in [0.3, 0.4) is 0 Å². The first kappa shape index (κ1) is 23.4. The lowest BCUT2D eigenvalue weighted by Crippen LogP contribution is -2.78. The van der Waals surface area contributed by atoms with Crippen LogP contribution in [0.2, 0.25) is 0 Å². The molecule has 2 aliphatic carbocycles. The Bertz CT molecular complexity index is 1340. The fourth-order valence-corrected chi connectivity index (χ4v) is 7.22. The number of likely N-dealkylation sites (tertiary alicyclic amines) is 1. The lowest BCUT2D eigenvalue weighted by Gasteiger charge is -2.49. The van der Waals surface area contributed by atoms with Crippen molar-refractivity contribution in [1.82, 2.24) is 20.4 Å². The van der Waals surface area contributed by atoms with E-state index >= 15 is 0 Å². The van der Waals surface area contributed by atoms with Crippen LogP contribution in [0.25, 0.3) is 0 Å². The number of nitrogens with one attached hydrogen (secondary N) is 2. The van der Waals surface area contributed by atoms with E-state index in [2.05, 4.69) is 26.7 Å². The summed E-state index contributed by atoms with van der Waals surface area (Å²) in [7, 11) is 0. The summed E-state index contributed by atoms with van der Waals surface area (Å²) in [5, 5.41) is 29.0. The van der Waals surface area contributed by atoms with E-state index in [-0.39, 0.29) is 55.1 Å². The molecule has 1 saturated carbocycles. The molecule has 13 nitrogen and oxygen atoms in total. The molecule has 6 aliphatic rings. The number of hydrogen-bond donors (Lipinski definition) is 6. The van der Waals surface area contributed by atoms with Gasteiger partial charge in [-0.15, -0.1) is 0 Å². The van der Waals surface area contributed by atoms with Gasteiger partial charge in [-0.2, -0.15) is 0 Å². The second-order valence-electron chi connectivity index (χ2n) is 11.3. The minimum absolute atomic E-state index is 0.0387. The minimum Gasteiger partial charge on any atom is -0.370 e. The number of amides is 3. The average molecular weight is 523 g/mol. The van der Waals surface area contributed by atoms with E-state index in [4.69, 9.17) is 11.5 Å². The third-order valence-electron chi connectivity index (χ3n) is 9.33. The van der Waals surface area contributed by atoms with Gasteiger partial charge in [-0.1, -0.05) is 12.1 Å². The second kappa shape index (κ2) is 7.44. The highest BCUT2D eigenvalue weighted by atomic mass is 16.5. The zero-order chi connectivity index (χ0) is 26.6. The number of nitrogens with zero attached hydrogens (tertiary/aromatic N) is 4. The van der Waals surface area contributed by atoms with Gasteiger partial charge in [0.15, 0.2) is 17.6 Å². The fraction of sp³-hybridized carbons (Fsp3) is 0.560. The third kappa shape index (κ3) is 2.91. The molecule has 8 N–H and O–H groups in total. The van der Waals surface area contributed by atoms with Gasteiger partial charge in [0.05, 0.1) is 12.6 Å². The number of carbonyl (C=O) groups is 3. The Morgan fingerprint density at radius 1 is 1.11 bits per heavy atom. The third-order valence-corrected chi connectivity index (χ3v) is 9.33. The quantitative estimate of drug-likeness (QED) is 0.184. The zero-order valence-corrected chi connectivity index (χ0v) is 20.7. The molecule has 38 heavy (non-hydrogen) atoms. The SMILES string of the molecule is NC1=N[C@H]2[C@H](CN3C(=O)CCC3=O)N=C(N)N3CC(NC(=O)c4cccc5c4CCC54CC4)C(O)(O)C23N1. The lowest BCUT2D eigenvalue weighted by atomic mass is 9.84. The molecule has 4 aliphatic heterocycles. The molecule has 0 aromatic heterocycles. The van der Waals surface area contributed by atoms with Gasteiger partial charge in [-0.3, -0.25) is 19.3 Å². The Morgan fingerprint density at radius 2 is 1.84 bits per heavy atom. The predicted molar refractivity (Wildman–Crippen MR) is 133 cm³/mol. The van der Waals surface area contributed by atoms with Crippen molar-refractivity contribution in [2.24, 2.45) is 21.5 Å². The topological polar surface area (TPSA) is 199 Å². The van der Waals surface area contributed by atoms with E-state index in [0.717, 1.165) is 36.1 Å². The van der Waals surface area contributed by atoms with E-state index in [9.17, 15) is 24.6 Å². The Balaban J connectivity index is 1.20. The van der Waals surface area contributed by atoms with Crippen molar-refractivity contribution in [3.8, 4) is 0 Å². The van der Waals surface area contributed by atoms with Crippen molar-refractivity contribution < 1.29 is 24.6 Å². The van der Waals surface area contributed by atoms with Crippen LogP contribution in [0.5, 0.6) is 0 Å². The Morgan fingerprint density at radius 3 is 2.55 bits per heavy atom. The van der Waals surface area contributed by atoms with Crippen molar-refractivity contribution in [3.05, 3.63) is 34.9 Å². The first-order valence-electron chi connectivity index (χ1n) is 13.0. The normalized spacial score (nSPS) is 33.5. The standard InChI is InChI=1S/C25H30N8O5/c26-21-30-19-15(10-32-17(34)4-5-18(32)35)28-22(27)33-11-16(25(37,38)24(19,33)31-21)29-20(36)13-2-1-3-14-12(13)6-7-23(14)8-9-23/h1-3,15-16,19,37-38H,4-11H2,(H2,27,28)(H,29,36)(H3,26,30,31)/t15-,16?,19-,24?/m0/s1. The Hall–Kier alpha value is -3.71. The van der Waals surface area contributed by atoms with Crippen molar-refractivity contribution >= 4 is 29.6 Å². The molecule has 2 spiro atoms. The molecule has 7 rings (SSSR count). The van der Waals surface area contributed by atoms with Crippen LogP contribution in [0.4, 0.5) is 0 Å². The summed E-state index contributed by atoms with van der Waals surface area (Å²) in [5.41, 5.74) is 13.5. The molecule has 1 aromatic carbocycles. The number of guanidine groups is 2. The fourth-order valence-electron chi connectivity index (χ4n) is 7.22.